The number of nitrogens with one attached hydrogen (secondary N) is 1. The van der Waals surface area contributed by atoms with Crippen molar-refractivity contribution in [2.45, 2.75) is 19.6 Å². The Bertz CT molecular complexity index is 1250. The molecule has 0 radical (unpaired) electrons. The van der Waals surface area contributed by atoms with Gasteiger partial charge in [0, 0.05) is 24.4 Å². The predicted octanol–water partition coefficient (Wildman–Crippen LogP) is 4.57. The van der Waals surface area contributed by atoms with Gasteiger partial charge < -0.3 is 14.8 Å². The number of ether oxygens (including phenoxy) is 2. The smallest absolute Gasteiger partial charge is 0.221 e. The summed E-state index contributed by atoms with van der Waals surface area (Å²) in [7, 11) is 3.19. The van der Waals surface area contributed by atoms with Gasteiger partial charge in [-0.25, -0.2) is 4.39 Å². The molecule has 1 aromatic heterocycles. The van der Waals surface area contributed by atoms with Crippen molar-refractivity contribution in [2.75, 3.05) is 14.2 Å². The Hall–Kier alpha value is -3.87. The van der Waals surface area contributed by atoms with Gasteiger partial charge in [-0.1, -0.05) is 24.3 Å². The summed E-state index contributed by atoms with van der Waals surface area (Å²) in [6.07, 6.45) is 2.13. The molecule has 1 amide bonds. The summed E-state index contributed by atoms with van der Waals surface area (Å²) in [6.45, 7) is 0.818. The average Bonchev–Trinajstić information content (AvgIpc) is 3.23. The lowest BCUT2D eigenvalue weighted by atomic mass is 9.99. The highest BCUT2D eigenvalue weighted by Crippen LogP contribution is 2.33. The van der Waals surface area contributed by atoms with Crippen LogP contribution in [0.5, 0.6) is 11.5 Å². The molecule has 4 aromatic rings. The van der Waals surface area contributed by atoms with Crippen LogP contribution in [-0.4, -0.2) is 29.8 Å². The molecule has 0 unspecified atom stereocenters. The molecule has 0 aliphatic heterocycles. The minimum atomic E-state index is -0.324. The molecule has 32 heavy (non-hydrogen) atoms. The molecule has 4 rings (SSSR count). The molecule has 3 aromatic carbocycles. The Morgan fingerprint density at radius 2 is 1.94 bits per heavy atom. The van der Waals surface area contributed by atoms with E-state index in [0.717, 1.165) is 22.0 Å². The summed E-state index contributed by atoms with van der Waals surface area (Å²) in [5.41, 5.74) is 3.38. The van der Waals surface area contributed by atoms with Crippen LogP contribution in [0.1, 0.15) is 12.0 Å². The van der Waals surface area contributed by atoms with Gasteiger partial charge in [0.05, 0.1) is 25.4 Å². The first-order valence-corrected chi connectivity index (χ1v) is 10.3. The Balaban J connectivity index is 1.53. The Kier molecular flexibility index (Phi) is 6.35. The SMILES string of the molecule is CNC(=O)CCn1ncc2cc(OCc3ccccc3-c3cc(F)ccc3OC)ccc21. The standard InChI is InChI=1S/C25H24FN3O3/c1-27-25(30)11-12-29-23-9-8-20(13-18(23)15-28-29)32-16-17-5-3-4-6-21(17)22-14-19(26)7-10-24(22)31-2/h3-10,13-15H,11-12,16H2,1-2H3,(H,27,30). The Morgan fingerprint density at radius 1 is 1.09 bits per heavy atom. The monoisotopic (exact) mass is 433 g/mol. The van der Waals surface area contributed by atoms with Crippen LogP contribution in [0, 0.1) is 5.82 Å². The molecule has 0 fully saturated rings. The van der Waals surface area contributed by atoms with Crippen molar-refractivity contribution >= 4 is 16.8 Å². The van der Waals surface area contributed by atoms with E-state index in [2.05, 4.69) is 10.4 Å². The molecule has 0 saturated heterocycles. The number of methoxy groups -OCH3 is 1. The first-order valence-electron chi connectivity index (χ1n) is 10.3. The molecule has 0 atom stereocenters. The molecule has 0 spiro atoms. The number of hydrogen-bond acceptors (Lipinski definition) is 4. The van der Waals surface area contributed by atoms with Crippen LogP contribution in [0.3, 0.4) is 0 Å². The number of halogens is 1. The normalized spacial score (nSPS) is 10.8. The first-order chi connectivity index (χ1) is 15.6. The van der Waals surface area contributed by atoms with Crippen molar-refractivity contribution in [1.82, 2.24) is 15.1 Å². The summed E-state index contributed by atoms with van der Waals surface area (Å²) in [5, 5.41) is 7.92. The molecular weight excluding hydrogens is 409 g/mol. The van der Waals surface area contributed by atoms with E-state index in [1.54, 1.807) is 31.1 Å². The second kappa shape index (κ2) is 9.51. The van der Waals surface area contributed by atoms with Gasteiger partial charge in [0.2, 0.25) is 5.91 Å². The fourth-order valence-corrected chi connectivity index (χ4v) is 3.63. The molecule has 164 valence electrons. The van der Waals surface area contributed by atoms with E-state index >= 15 is 0 Å². The summed E-state index contributed by atoms with van der Waals surface area (Å²) >= 11 is 0. The topological polar surface area (TPSA) is 65.4 Å². The van der Waals surface area contributed by atoms with Crippen molar-refractivity contribution in [3.05, 3.63) is 78.2 Å². The number of carbonyl (C=O) groups is 1. The number of hydrogen-bond donors (Lipinski definition) is 1. The zero-order valence-corrected chi connectivity index (χ0v) is 18.0. The molecular formula is C25H24FN3O3. The summed E-state index contributed by atoms with van der Waals surface area (Å²) in [6, 6.07) is 17.9. The van der Waals surface area contributed by atoms with Crippen LogP contribution in [-0.2, 0) is 17.9 Å². The zero-order valence-electron chi connectivity index (χ0n) is 18.0. The third-order valence-corrected chi connectivity index (χ3v) is 5.31. The van der Waals surface area contributed by atoms with E-state index in [1.165, 1.54) is 12.1 Å². The van der Waals surface area contributed by atoms with Crippen LogP contribution >= 0.6 is 0 Å². The van der Waals surface area contributed by atoms with Crippen LogP contribution in [0.25, 0.3) is 22.0 Å². The third kappa shape index (κ3) is 4.56. The zero-order chi connectivity index (χ0) is 22.5. The highest BCUT2D eigenvalue weighted by atomic mass is 19.1. The average molecular weight is 433 g/mol. The van der Waals surface area contributed by atoms with E-state index in [1.807, 2.05) is 42.5 Å². The van der Waals surface area contributed by atoms with Crippen LogP contribution in [0.2, 0.25) is 0 Å². The molecule has 0 bridgehead atoms. The second-order valence-corrected chi connectivity index (χ2v) is 7.30. The summed E-state index contributed by atoms with van der Waals surface area (Å²) in [4.78, 5) is 11.5. The Morgan fingerprint density at radius 3 is 2.75 bits per heavy atom. The number of benzene rings is 3. The van der Waals surface area contributed by atoms with E-state index in [-0.39, 0.29) is 11.7 Å². The number of rotatable bonds is 8. The molecule has 1 N–H and O–H groups in total. The quantitative estimate of drug-likeness (QED) is 0.442. The van der Waals surface area contributed by atoms with Crippen molar-refractivity contribution in [3.8, 4) is 22.6 Å². The lowest BCUT2D eigenvalue weighted by molar-refractivity contribution is -0.120. The fraction of sp³-hybridized carbons (Fsp3) is 0.200. The second-order valence-electron chi connectivity index (χ2n) is 7.30. The van der Waals surface area contributed by atoms with E-state index < -0.39 is 0 Å². The number of aromatic nitrogens is 2. The van der Waals surface area contributed by atoms with Gasteiger partial charge >= 0.3 is 0 Å². The first kappa shape index (κ1) is 21.4. The highest BCUT2D eigenvalue weighted by molar-refractivity contribution is 5.81. The van der Waals surface area contributed by atoms with Gasteiger partial charge in [-0.15, -0.1) is 0 Å². The van der Waals surface area contributed by atoms with Gasteiger partial charge in [-0.3, -0.25) is 9.48 Å². The molecule has 7 heteroatoms. The van der Waals surface area contributed by atoms with E-state index in [4.69, 9.17) is 9.47 Å². The number of fused-ring (bicyclic) bond motifs is 1. The summed E-state index contributed by atoms with van der Waals surface area (Å²) < 4.78 is 27.2. The number of aryl methyl sites for hydroxylation is 1. The van der Waals surface area contributed by atoms with Crippen molar-refractivity contribution in [1.29, 1.82) is 0 Å². The van der Waals surface area contributed by atoms with Crippen LogP contribution in [0.15, 0.2) is 66.9 Å². The number of amides is 1. The van der Waals surface area contributed by atoms with Crippen molar-refractivity contribution < 1.29 is 18.7 Å². The number of carbonyl (C=O) groups excluding carboxylic acids is 1. The molecule has 6 nitrogen and oxygen atoms in total. The largest absolute Gasteiger partial charge is 0.496 e. The fourth-order valence-electron chi connectivity index (χ4n) is 3.63. The lowest BCUT2D eigenvalue weighted by Gasteiger charge is -2.14. The minimum Gasteiger partial charge on any atom is -0.496 e. The Labute approximate surface area is 185 Å². The maximum atomic E-state index is 13.9. The van der Waals surface area contributed by atoms with E-state index in [0.29, 0.717) is 36.6 Å². The van der Waals surface area contributed by atoms with Crippen molar-refractivity contribution in [2.24, 2.45) is 0 Å². The minimum absolute atomic E-state index is 0.0257. The maximum Gasteiger partial charge on any atom is 0.221 e. The molecule has 0 saturated carbocycles. The summed E-state index contributed by atoms with van der Waals surface area (Å²) in [5.74, 6) is 0.950. The molecule has 0 aliphatic carbocycles. The maximum absolute atomic E-state index is 13.9. The van der Waals surface area contributed by atoms with Gasteiger partial charge in [0.15, 0.2) is 0 Å². The number of nitrogens with zero attached hydrogens (tertiary/aromatic N) is 2. The lowest BCUT2D eigenvalue weighted by Crippen LogP contribution is -2.19. The predicted molar refractivity (Wildman–Crippen MR) is 121 cm³/mol. The van der Waals surface area contributed by atoms with Crippen LogP contribution < -0.4 is 14.8 Å². The van der Waals surface area contributed by atoms with Gasteiger partial charge in [0.1, 0.15) is 23.9 Å². The van der Waals surface area contributed by atoms with Gasteiger partial charge in [-0.2, -0.15) is 5.10 Å². The molecule has 1 heterocycles. The third-order valence-electron chi connectivity index (χ3n) is 5.31. The van der Waals surface area contributed by atoms with Crippen molar-refractivity contribution in [3.63, 3.8) is 0 Å². The van der Waals surface area contributed by atoms with E-state index in [9.17, 15) is 9.18 Å². The van der Waals surface area contributed by atoms with Crippen LogP contribution in [0.4, 0.5) is 4.39 Å². The molecule has 0 aliphatic rings. The van der Waals surface area contributed by atoms with Gasteiger partial charge in [-0.05, 0) is 47.5 Å². The van der Waals surface area contributed by atoms with Gasteiger partial charge in [0.25, 0.3) is 0 Å². The highest BCUT2D eigenvalue weighted by Gasteiger charge is 2.12.